The van der Waals surface area contributed by atoms with Crippen LogP contribution in [0.5, 0.6) is 0 Å². The first-order valence-corrected chi connectivity index (χ1v) is 2.65. The number of hydrogen-bond donors (Lipinski definition) is 1. The Kier molecular flexibility index (Phi) is 8.27. The van der Waals surface area contributed by atoms with Crippen LogP contribution >= 0.6 is 0 Å². The Morgan fingerprint density at radius 3 is 1.88 bits per heavy atom. The van der Waals surface area contributed by atoms with Crippen LogP contribution in [-0.2, 0) is 21.1 Å². The Hall–Kier alpha value is 0.648. The molecule has 0 aliphatic rings. The largest absolute Gasteiger partial charge is 2.00 e. The summed E-state index contributed by atoms with van der Waals surface area (Å²) in [6.07, 6.45) is 0.620. The molecule has 0 heterocycles. The summed E-state index contributed by atoms with van der Waals surface area (Å²) in [5, 5.41) is 8.78. The molecule has 0 aromatic rings. The minimum absolute atomic E-state index is 0. The zero-order valence-electron chi connectivity index (χ0n) is 5.42. The third-order valence-corrected chi connectivity index (χ3v) is 1.28. The molecule has 1 nitrogen and oxygen atoms in total. The second-order valence-corrected chi connectivity index (χ2v) is 2.01. The maximum absolute atomic E-state index is 8.78. The van der Waals surface area contributed by atoms with Gasteiger partial charge < -0.3 is 12.0 Å². The molecular weight excluding hydrogens is 272 g/mol. The third kappa shape index (κ3) is 4.80. The van der Waals surface area contributed by atoms with Crippen LogP contribution in [0, 0.1) is 12.8 Å². The molecule has 2 atom stereocenters. The van der Waals surface area contributed by atoms with E-state index >= 15 is 0 Å². The summed E-state index contributed by atoms with van der Waals surface area (Å²) < 4.78 is 0. The zero-order valence-corrected chi connectivity index (χ0v) is 8.36. The van der Waals surface area contributed by atoms with Crippen molar-refractivity contribution < 1.29 is 26.2 Å². The van der Waals surface area contributed by atoms with E-state index in [4.69, 9.17) is 5.11 Å². The van der Waals surface area contributed by atoms with Gasteiger partial charge in [-0.25, -0.2) is 0 Å². The van der Waals surface area contributed by atoms with Crippen molar-refractivity contribution in [1.82, 2.24) is 0 Å². The van der Waals surface area contributed by atoms with E-state index in [1.165, 1.54) is 0 Å². The van der Waals surface area contributed by atoms with Gasteiger partial charge >= 0.3 is 21.1 Å². The van der Waals surface area contributed by atoms with Crippen LogP contribution < -0.4 is 0 Å². The fourth-order valence-corrected chi connectivity index (χ4v) is 0.241. The van der Waals surface area contributed by atoms with Crippen LogP contribution in [0.1, 0.15) is 20.3 Å². The van der Waals surface area contributed by atoms with Gasteiger partial charge in [0.25, 0.3) is 0 Å². The molecule has 0 radical (unpaired) electrons. The van der Waals surface area contributed by atoms with Crippen LogP contribution in [0.25, 0.3) is 0 Å². The quantitative estimate of drug-likeness (QED) is 0.756. The SMILES string of the molecule is [CH2-]CC(C)C(C)O.[W+2]. The molecule has 0 aliphatic carbocycles. The number of hydrogen-bond acceptors (Lipinski definition) is 1. The van der Waals surface area contributed by atoms with Crippen molar-refractivity contribution in [2.45, 2.75) is 26.4 Å². The number of aliphatic hydroxyl groups excluding tert-OH is 1. The molecule has 0 aliphatic heterocycles. The van der Waals surface area contributed by atoms with E-state index in [-0.39, 0.29) is 27.2 Å². The van der Waals surface area contributed by atoms with Crippen LogP contribution in [0.15, 0.2) is 0 Å². The van der Waals surface area contributed by atoms with Crippen molar-refractivity contribution in [3.63, 3.8) is 0 Å². The van der Waals surface area contributed by atoms with Crippen molar-refractivity contribution >= 4 is 0 Å². The number of rotatable bonds is 2. The van der Waals surface area contributed by atoms with E-state index in [1.807, 2.05) is 6.92 Å². The van der Waals surface area contributed by atoms with Gasteiger partial charge in [-0.05, 0) is 12.8 Å². The molecule has 8 heavy (non-hydrogen) atoms. The van der Waals surface area contributed by atoms with Gasteiger partial charge in [-0.3, -0.25) is 0 Å². The van der Waals surface area contributed by atoms with Gasteiger partial charge in [-0.2, -0.15) is 6.42 Å². The molecule has 2 heteroatoms. The normalized spacial score (nSPS) is 16.5. The predicted octanol–water partition coefficient (Wildman–Crippen LogP) is 1.22. The van der Waals surface area contributed by atoms with E-state index < -0.39 is 0 Å². The van der Waals surface area contributed by atoms with Crippen molar-refractivity contribution in [3.8, 4) is 0 Å². The van der Waals surface area contributed by atoms with Crippen molar-refractivity contribution in [3.05, 3.63) is 6.92 Å². The second kappa shape index (κ2) is 5.78. The van der Waals surface area contributed by atoms with E-state index in [9.17, 15) is 0 Å². The Morgan fingerprint density at radius 1 is 1.50 bits per heavy atom. The first-order chi connectivity index (χ1) is 3.18. The minimum Gasteiger partial charge on any atom is -0.393 e. The van der Waals surface area contributed by atoms with Gasteiger partial charge in [0.2, 0.25) is 0 Å². The van der Waals surface area contributed by atoms with E-state index in [0.29, 0.717) is 5.92 Å². The Balaban J connectivity index is 0. The first kappa shape index (κ1) is 11.4. The van der Waals surface area contributed by atoms with Gasteiger partial charge in [0.15, 0.2) is 0 Å². The molecule has 0 rings (SSSR count). The molecule has 0 saturated carbocycles. The van der Waals surface area contributed by atoms with Gasteiger partial charge in [0.05, 0.1) is 6.10 Å². The summed E-state index contributed by atoms with van der Waals surface area (Å²) in [7, 11) is 0. The summed E-state index contributed by atoms with van der Waals surface area (Å²) in [5.41, 5.74) is 0. The monoisotopic (exact) mass is 285 g/mol. The average Bonchev–Trinajstić information content (AvgIpc) is 1.65. The summed E-state index contributed by atoms with van der Waals surface area (Å²) in [5.74, 6) is 0.347. The second-order valence-electron chi connectivity index (χ2n) is 2.01. The smallest absolute Gasteiger partial charge is 0.393 e. The van der Waals surface area contributed by atoms with E-state index in [0.717, 1.165) is 6.42 Å². The Bertz CT molecular complexity index is 45.8. The molecule has 0 aromatic carbocycles. The molecule has 0 aromatic heterocycles. The first-order valence-electron chi connectivity index (χ1n) is 2.65. The Labute approximate surface area is 65.7 Å². The third-order valence-electron chi connectivity index (χ3n) is 1.28. The van der Waals surface area contributed by atoms with Gasteiger partial charge in [0, 0.05) is 0 Å². The summed E-state index contributed by atoms with van der Waals surface area (Å²) in [6, 6.07) is 0. The molecule has 0 bridgehead atoms. The molecule has 0 spiro atoms. The topological polar surface area (TPSA) is 20.2 Å². The van der Waals surface area contributed by atoms with Crippen LogP contribution in [0.2, 0.25) is 0 Å². The molecule has 0 fully saturated rings. The van der Waals surface area contributed by atoms with Crippen LogP contribution in [0.4, 0.5) is 0 Å². The summed E-state index contributed by atoms with van der Waals surface area (Å²) in [4.78, 5) is 0. The van der Waals surface area contributed by atoms with Crippen LogP contribution in [-0.4, -0.2) is 11.2 Å². The molecule has 2 unspecified atom stereocenters. The number of aliphatic hydroxyl groups is 1. The summed E-state index contributed by atoms with van der Waals surface area (Å²) >= 11 is 0. The molecule has 1 N–H and O–H groups in total. The fraction of sp³-hybridized carbons (Fsp3) is 0.833. The van der Waals surface area contributed by atoms with Gasteiger partial charge in [0.1, 0.15) is 0 Å². The van der Waals surface area contributed by atoms with Gasteiger partial charge in [-0.15, -0.1) is 0 Å². The molecular formula is C6H13OW+. The molecule has 48 valence electrons. The maximum Gasteiger partial charge on any atom is 2.00 e. The minimum atomic E-state index is -0.197. The predicted molar refractivity (Wildman–Crippen MR) is 30.8 cm³/mol. The van der Waals surface area contributed by atoms with E-state index in [1.54, 1.807) is 6.92 Å². The molecule has 0 amide bonds. The van der Waals surface area contributed by atoms with Crippen molar-refractivity contribution in [2.75, 3.05) is 0 Å². The fourth-order valence-electron chi connectivity index (χ4n) is 0.241. The molecule has 0 saturated heterocycles. The average molecular weight is 285 g/mol. The summed E-state index contributed by atoms with van der Waals surface area (Å²) in [6.45, 7) is 7.42. The van der Waals surface area contributed by atoms with Crippen molar-refractivity contribution in [1.29, 1.82) is 0 Å². The Morgan fingerprint density at radius 2 is 1.88 bits per heavy atom. The zero-order chi connectivity index (χ0) is 5.86. The van der Waals surface area contributed by atoms with Crippen LogP contribution in [0.3, 0.4) is 0 Å². The maximum atomic E-state index is 8.78. The van der Waals surface area contributed by atoms with E-state index in [2.05, 4.69) is 6.92 Å². The van der Waals surface area contributed by atoms with Crippen molar-refractivity contribution in [2.24, 2.45) is 5.92 Å². The van der Waals surface area contributed by atoms with Gasteiger partial charge in [-0.1, -0.05) is 6.92 Å². The standard InChI is InChI=1S/C6H13O.W/c1-4-5(2)6(3)7;/h5-7H,1,4H2,2-3H3;/q-1;+2.